The summed E-state index contributed by atoms with van der Waals surface area (Å²) in [4.78, 5) is 28.3. The number of nitrogens with one attached hydrogen (secondary N) is 1. The monoisotopic (exact) mass is 380 g/mol. The van der Waals surface area contributed by atoms with E-state index in [-0.39, 0.29) is 30.3 Å². The van der Waals surface area contributed by atoms with Gasteiger partial charge in [0.1, 0.15) is 0 Å². The van der Waals surface area contributed by atoms with Crippen molar-refractivity contribution in [3.05, 3.63) is 34.9 Å². The zero-order valence-electron chi connectivity index (χ0n) is 15.7. The minimum Gasteiger partial charge on any atom is -0.346 e. The van der Waals surface area contributed by atoms with Crippen molar-refractivity contribution >= 4 is 23.4 Å². The van der Waals surface area contributed by atoms with E-state index in [2.05, 4.69) is 17.1 Å². The maximum atomic E-state index is 12.3. The minimum absolute atomic E-state index is 0.000674. The van der Waals surface area contributed by atoms with Gasteiger partial charge in [-0.2, -0.15) is 0 Å². The van der Waals surface area contributed by atoms with Gasteiger partial charge in [-0.1, -0.05) is 43.6 Å². The van der Waals surface area contributed by atoms with Gasteiger partial charge >= 0.3 is 0 Å². The highest BCUT2D eigenvalue weighted by Gasteiger charge is 2.26. The Morgan fingerprint density at radius 3 is 2.35 bits per heavy atom. The summed E-state index contributed by atoms with van der Waals surface area (Å²) in [7, 11) is 0. The van der Waals surface area contributed by atoms with Gasteiger partial charge in [-0.3, -0.25) is 14.5 Å². The molecule has 1 heterocycles. The Morgan fingerprint density at radius 2 is 1.77 bits per heavy atom. The molecule has 26 heavy (non-hydrogen) atoms. The van der Waals surface area contributed by atoms with Crippen LogP contribution in [0.3, 0.4) is 0 Å². The summed E-state index contributed by atoms with van der Waals surface area (Å²) in [6.45, 7) is 8.72. The standard InChI is InChI=1S/C19H29ClN4O2/c1-13(2)18(21)19(26)22-12-17(25)24-10-8-23(9-11-24)14(3)15-6-4-5-7-16(15)20/h4-7,13-14,18H,8-12,21H2,1-3H3,(H,22,26)/t14?,18-/m0/s1. The van der Waals surface area contributed by atoms with E-state index in [1.165, 1.54) is 0 Å². The molecule has 1 aromatic rings. The van der Waals surface area contributed by atoms with Crippen LogP contribution in [-0.4, -0.2) is 60.4 Å². The Hall–Kier alpha value is -1.63. The summed E-state index contributed by atoms with van der Waals surface area (Å²) in [6, 6.07) is 7.47. The van der Waals surface area contributed by atoms with Crippen LogP contribution in [0.1, 0.15) is 32.4 Å². The summed E-state index contributed by atoms with van der Waals surface area (Å²) in [6.07, 6.45) is 0. The van der Waals surface area contributed by atoms with Gasteiger partial charge < -0.3 is 16.0 Å². The summed E-state index contributed by atoms with van der Waals surface area (Å²) in [5, 5.41) is 3.41. The molecule has 7 heteroatoms. The number of benzene rings is 1. The highest BCUT2D eigenvalue weighted by atomic mass is 35.5. The van der Waals surface area contributed by atoms with Crippen molar-refractivity contribution in [2.75, 3.05) is 32.7 Å². The second-order valence-electron chi connectivity index (χ2n) is 7.10. The fraction of sp³-hybridized carbons (Fsp3) is 0.579. The van der Waals surface area contributed by atoms with Crippen LogP contribution in [0.15, 0.2) is 24.3 Å². The van der Waals surface area contributed by atoms with E-state index in [4.69, 9.17) is 17.3 Å². The molecular formula is C19H29ClN4O2. The Kier molecular flexibility index (Phi) is 7.43. The molecule has 1 aliphatic rings. The molecule has 1 fully saturated rings. The molecule has 1 saturated heterocycles. The number of piperazine rings is 1. The molecule has 144 valence electrons. The molecule has 3 N–H and O–H groups in total. The highest BCUT2D eigenvalue weighted by Crippen LogP contribution is 2.27. The molecule has 0 aliphatic carbocycles. The SMILES string of the molecule is CC(C)[C@H](N)C(=O)NCC(=O)N1CCN(C(C)c2ccccc2Cl)CC1. The number of amides is 2. The number of carbonyl (C=O) groups excluding carboxylic acids is 2. The van der Waals surface area contributed by atoms with Gasteiger partial charge in [-0.05, 0) is 24.5 Å². The molecule has 0 radical (unpaired) electrons. The second kappa shape index (κ2) is 9.35. The first kappa shape index (κ1) is 20.7. The molecule has 6 nitrogen and oxygen atoms in total. The normalized spacial score (nSPS) is 17.8. The van der Waals surface area contributed by atoms with Crippen molar-refractivity contribution in [2.24, 2.45) is 11.7 Å². The number of nitrogens with zero attached hydrogens (tertiary/aromatic N) is 2. The predicted octanol–water partition coefficient (Wildman–Crippen LogP) is 1.64. The highest BCUT2D eigenvalue weighted by molar-refractivity contribution is 6.31. The maximum Gasteiger partial charge on any atom is 0.242 e. The minimum atomic E-state index is -0.587. The first-order valence-electron chi connectivity index (χ1n) is 9.10. The summed E-state index contributed by atoms with van der Waals surface area (Å²) in [5.41, 5.74) is 6.89. The summed E-state index contributed by atoms with van der Waals surface area (Å²) in [5.74, 6) is -0.307. The van der Waals surface area contributed by atoms with E-state index < -0.39 is 6.04 Å². The second-order valence-corrected chi connectivity index (χ2v) is 7.51. The van der Waals surface area contributed by atoms with Gasteiger partial charge in [-0.25, -0.2) is 0 Å². The van der Waals surface area contributed by atoms with Crippen LogP contribution in [0.4, 0.5) is 0 Å². The molecule has 2 atom stereocenters. The zero-order valence-corrected chi connectivity index (χ0v) is 16.5. The quantitative estimate of drug-likeness (QED) is 0.786. The predicted molar refractivity (Wildman–Crippen MR) is 104 cm³/mol. The van der Waals surface area contributed by atoms with Crippen LogP contribution in [0.25, 0.3) is 0 Å². The molecule has 0 bridgehead atoms. The van der Waals surface area contributed by atoms with Crippen molar-refractivity contribution in [1.82, 2.24) is 15.1 Å². The first-order valence-corrected chi connectivity index (χ1v) is 9.48. The average Bonchev–Trinajstić information content (AvgIpc) is 2.65. The van der Waals surface area contributed by atoms with E-state index >= 15 is 0 Å². The molecule has 1 unspecified atom stereocenters. The van der Waals surface area contributed by atoms with Crippen LogP contribution in [0.2, 0.25) is 5.02 Å². The molecule has 2 amide bonds. The van der Waals surface area contributed by atoms with Crippen LogP contribution in [0, 0.1) is 5.92 Å². The fourth-order valence-electron chi connectivity index (χ4n) is 3.06. The lowest BCUT2D eigenvalue weighted by molar-refractivity contribution is -0.135. The van der Waals surface area contributed by atoms with Crippen LogP contribution >= 0.6 is 11.6 Å². The topological polar surface area (TPSA) is 78.7 Å². The third kappa shape index (κ3) is 5.19. The number of halogens is 1. The molecular weight excluding hydrogens is 352 g/mol. The van der Waals surface area contributed by atoms with Gasteiger partial charge in [0, 0.05) is 37.2 Å². The van der Waals surface area contributed by atoms with Crippen molar-refractivity contribution in [2.45, 2.75) is 32.9 Å². The molecule has 0 saturated carbocycles. The first-order chi connectivity index (χ1) is 12.3. The van der Waals surface area contributed by atoms with Crippen molar-refractivity contribution in [3.63, 3.8) is 0 Å². The van der Waals surface area contributed by atoms with Crippen LogP contribution < -0.4 is 11.1 Å². The van der Waals surface area contributed by atoms with Crippen molar-refractivity contribution in [3.8, 4) is 0 Å². The van der Waals surface area contributed by atoms with E-state index in [1.54, 1.807) is 4.90 Å². The maximum absolute atomic E-state index is 12.3. The Balaban J connectivity index is 1.81. The Morgan fingerprint density at radius 1 is 1.15 bits per heavy atom. The van der Waals surface area contributed by atoms with Crippen LogP contribution in [-0.2, 0) is 9.59 Å². The van der Waals surface area contributed by atoms with Gasteiger partial charge in [-0.15, -0.1) is 0 Å². The van der Waals surface area contributed by atoms with E-state index in [0.29, 0.717) is 13.1 Å². The van der Waals surface area contributed by atoms with Crippen molar-refractivity contribution in [1.29, 1.82) is 0 Å². The van der Waals surface area contributed by atoms with Crippen molar-refractivity contribution < 1.29 is 9.59 Å². The third-order valence-electron chi connectivity index (χ3n) is 5.00. The Bertz CT molecular complexity index is 630. The third-order valence-corrected chi connectivity index (χ3v) is 5.35. The zero-order chi connectivity index (χ0) is 19.3. The van der Waals surface area contributed by atoms with E-state index in [9.17, 15) is 9.59 Å². The largest absolute Gasteiger partial charge is 0.346 e. The fourth-order valence-corrected chi connectivity index (χ4v) is 3.36. The molecule has 1 aliphatic heterocycles. The number of nitrogens with two attached hydrogens (primary N) is 1. The summed E-state index contributed by atoms with van der Waals surface area (Å²) < 4.78 is 0. The smallest absolute Gasteiger partial charge is 0.242 e. The lowest BCUT2D eigenvalue weighted by atomic mass is 10.1. The lowest BCUT2D eigenvalue weighted by Gasteiger charge is -2.38. The Labute approximate surface area is 160 Å². The average molecular weight is 381 g/mol. The number of carbonyl (C=O) groups is 2. The molecule has 0 aromatic heterocycles. The van der Waals surface area contributed by atoms with Gasteiger partial charge in [0.2, 0.25) is 11.8 Å². The molecule has 2 rings (SSSR count). The van der Waals surface area contributed by atoms with E-state index in [1.807, 2.05) is 38.1 Å². The number of rotatable bonds is 6. The van der Waals surface area contributed by atoms with E-state index in [0.717, 1.165) is 23.7 Å². The van der Waals surface area contributed by atoms with Gasteiger partial charge in [0.25, 0.3) is 0 Å². The van der Waals surface area contributed by atoms with Crippen LogP contribution in [0.5, 0.6) is 0 Å². The summed E-state index contributed by atoms with van der Waals surface area (Å²) >= 11 is 6.29. The van der Waals surface area contributed by atoms with Gasteiger partial charge in [0.05, 0.1) is 12.6 Å². The number of hydrogen-bond donors (Lipinski definition) is 2. The molecule has 1 aromatic carbocycles. The van der Waals surface area contributed by atoms with Gasteiger partial charge in [0.15, 0.2) is 0 Å². The number of hydrogen-bond acceptors (Lipinski definition) is 4. The lowest BCUT2D eigenvalue weighted by Crippen LogP contribution is -2.53. The molecule has 0 spiro atoms.